The van der Waals surface area contributed by atoms with Crippen molar-refractivity contribution in [3.63, 3.8) is 0 Å². The fraction of sp³-hybridized carbons (Fsp3) is 1.00. The summed E-state index contributed by atoms with van der Waals surface area (Å²) in [4.78, 5) is 0. The second-order valence-electron chi connectivity index (χ2n) is 6.78. The maximum atomic E-state index is 10.0. The van der Waals surface area contributed by atoms with Gasteiger partial charge in [0.1, 0.15) is 6.10 Å². The van der Waals surface area contributed by atoms with Gasteiger partial charge in [-0.25, -0.2) is 0 Å². The van der Waals surface area contributed by atoms with Gasteiger partial charge in [-0.3, -0.25) is 0 Å². The zero-order chi connectivity index (χ0) is 14.7. The fourth-order valence-electron chi connectivity index (χ4n) is 1.81. The molecule has 0 bridgehead atoms. The molecular weight excluding hydrogens is 260 g/mol. The van der Waals surface area contributed by atoms with Crippen LogP contribution in [-0.2, 0) is 13.9 Å². The standard InChI is InChI=1S/C14H30O4Si/c1-7-16-13-9-8-11(15)12(18-13)10-17-19(5,6)14(2,3)4/h11-13,15H,7-10H2,1-6H3/t11-,12+,13-/m0/s1. The van der Waals surface area contributed by atoms with Gasteiger partial charge in [-0.15, -0.1) is 0 Å². The molecule has 1 heterocycles. The summed E-state index contributed by atoms with van der Waals surface area (Å²) in [6, 6.07) is 0. The molecule has 1 N–H and O–H groups in total. The van der Waals surface area contributed by atoms with Gasteiger partial charge in [-0.05, 0) is 31.5 Å². The lowest BCUT2D eigenvalue weighted by Gasteiger charge is -2.39. The summed E-state index contributed by atoms with van der Waals surface area (Å²) < 4.78 is 17.4. The van der Waals surface area contributed by atoms with Gasteiger partial charge < -0.3 is 19.0 Å². The SMILES string of the molecule is CCO[C@@H]1CC[C@H](O)[C@@H](CO[Si](C)(C)C(C)(C)C)O1. The molecule has 0 aliphatic carbocycles. The molecule has 0 aromatic carbocycles. The van der Waals surface area contributed by atoms with E-state index in [0.29, 0.717) is 13.2 Å². The smallest absolute Gasteiger partial charge is 0.192 e. The third kappa shape index (κ3) is 4.83. The Hall–Kier alpha value is 0.0569. The van der Waals surface area contributed by atoms with Crippen LogP contribution in [0.4, 0.5) is 0 Å². The van der Waals surface area contributed by atoms with Crippen molar-refractivity contribution in [3.8, 4) is 0 Å². The van der Waals surface area contributed by atoms with Crippen LogP contribution in [0.5, 0.6) is 0 Å². The summed E-state index contributed by atoms with van der Waals surface area (Å²) in [5, 5.41) is 10.2. The van der Waals surface area contributed by atoms with Gasteiger partial charge in [-0.1, -0.05) is 20.8 Å². The van der Waals surface area contributed by atoms with Gasteiger partial charge in [0.05, 0.1) is 12.7 Å². The second-order valence-corrected chi connectivity index (χ2v) is 11.6. The van der Waals surface area contributed by atoms with Gasteiger partial charge >= 0.3 is 0 Å². The molecule has 1 saturated heterocycles. The molecule has 1 aliphatic rings. The van der Waals surface area contributed by atoms with Gasteiger partial charge in [0.25, 0.3) is 0 Å². The third-order valence-electron chi connectivity index (χ3n) is 4.22. The average molecular weight is 290 g/mol. The average Bonchev–Trinajstić information content (AvgIpc) is 2.29. The molecule has 0 radical (unpaired) electrons. The first kappa shape index (κ1) is 17.1. The molecule has 1 fully saturated rings. The van der Waals surface area contributed by atoms with Crippen LogP contribution in [0.1, 0.15) is 40.5 Å². The van der Waals surface area contributed by atoms with E-state index in [9.17, 15) is 5.11 Å². The Morgan fingerprint density at radius 3 is 2.42 bits per heavy atom. The lowest BCUT2D eigenvalue weighted by molar-refractivity contribution is -0.226. The summed E-state index contributed by atoms with van der Waals surface area (Å²) in [5.74, 6) is 0. The van der Waals surface area contributed by atoms with Crippen molar-refractivity contribution in [2.24, 2.45) is 0 Å². The largest absolute Gasteiger partial charge is 0.414 e. The van der Waals surface area contributed by atoms with Crippen molar-refractivity contribution in [1.82, 2.24) is 0 Å². The van der Waals surface area contributed by atoms with E-state index in [1.165, 1.54) is 0 Å². The Kier molecular flexibility index (Phi) is 6.01. The molecule has 1 rings (SSSR count). The predicted octanol–water partition coefficient (Wildman–Crippen LogP) is 2.91. The summed E-state index contributed by atoms with van der Waals surface area (Å²) in [7, 11) is -1.79. The van der Waals surface area contributed by atoms with E-state index in [-0.39, 0.29) is 17.4 Å². The number of hydrogen-bond donors (Lipinski definition) is 1. The minimum atomic E-state index is -1.79. The second kappa shape index (κ2) is 6.67. The maximum absolute atomic E-state index is 10.0. The third-order valence-corrected chi connectivity index (χ3v) is 8.72. The van der Waals surface area contributed by atoms with Crippen LogP contribution in [0.3, 0.4) is 0 Å². The summed E-state index contributed by atoms with van der Waals surface area (Å²) in [6.45, 7) is 14.1. The zero-order valence-electron chi connectivity index (χ0n) is 13.2. The molecule has 4 nitrogen and oxygen atoms in total. The summed E-state index contributed by atoms with van der Waals surface area (Å²) in [6.07, 6.45) is 0.573. The van der Waals surface area contributed by atoms with Crippen molar-refractivity contribution in [2.75, 3.05) is 13.2 Å². The van der Waals surface area contributed by atoms with Crippen molar-refractivity contribution in [2.45, 2.75) is 77.2 Å². The number of hydrogen-bond acceptors (Lipinski definition) is 4. The Balaban J connectivity index is 2.51. The van der Waals surface area contributed by atoms with Crippen LogP contribution >= 0.6 is 0 Å². The van der Waals surface area contributed by atoms with Crippen molar-refractivity contribution in [1.29, 1.82) is 0 Å². The van der Waals surface area contributed by atoms with E-state index in [2.05, 4.69) is 33.9 Å². The topological polar surface area (TPSA) is 47.9 Å². The molecule has 0 amide bonds. The van der Waals surface area contributed by atoms with E-state index in [4.69, 9.17) is 13.9 Å². The molecule has 3 atom stereocenters. The highest BCUT2D eigenvalue weighted by Crippen LogP contribution is 2.37. The Bertz CT molecular complexity index is 275. The van der Waals surface area contributed by atoms with Crippen LogP contribution in [0, 0.1) is 0 Å². The molecule has 0 aromatic heterocycles. The highest BCUT2D eigenvalue weighted by molar-refractivity contribution is 6.74. The molecular formula is C14H30O4Si. The summed E-state index contributed by atoms with van der Waals surface area (Å²) in [5.41, 5.74) is 0. The number of ether oxygens (including phenoxy) is 2. The maximum Gasteiger partial charge on any atom is 0.192 e. The van der Waals surface area contributed by atoms with E-state index in [1.54, 1.807) is 0 Å². The quantitative estimate of drug-likeness (QED) is 0.791. The first-order valence-corrected chi connectivity index (χ1v) is 10.2. The van der Waals surface area contributed by atoms with Crippen LogP contribution in [0.25, 0.3) is 0 Å². The molecule has 0 unspecified atom stereocenters. The van der Waals surface area contributed by atoms with Gasteiger partial charge in [0, 0.05) is 13.0 Å². The van der Waals surface area contributed by atoms with E-state index < -0.39 is 14.4 Å². The monoisotopic (exact) mass is 290 g/mol. The molecule has 5 heteroatoms. The zero-order valence-corrected chi connectivity index (χ0v) is 14.2. The number of rotatable bonds is 5. The molecule has 19 heavy (non-hydrogen) atoms. The predicted molar refractivity (Wildman–Crippen MR) is 78.7 cm³/mol. The first-order chi connectivity index (χ1) is 8.67. The normalized spacial score (nSPS) is 29.5. The fourth-order valence-corrected chi connectivity index (χ4v) is 2.83. The molecule has 0 saturated carbocycles. The van der Waals surface area contributed by atoms with Crippen molar-refractivity contribution < 1.29 is 19.0 Å². The van der Waals surface area contributed by atoms with Crippen LogP contribution in [-0.4, -0.2) is 45.1 Å². The Labute approximate surface area is 118 Å². The van der Waals surface area contributed by atoms with Crippen LogP contribution < -0.4 is 0 Å². The van der Waals surface area contributed by atoms with Crippen LogP contribution in [0.15, 0.2) is 0 Å². The van der Waals surface area contributed by atoms with Gasteiger partial charge in [0.2, 0.25) is 0 Å². The van der Waals surface area contributed by atoms with E-state index in [1.807, 2.05) is 6.92 Å². The molecule has 1 aliphatic heterocycles. The molecule has 0 spiro atoms. The lowest BCUT2D eigenvalue weighted by Crippen LogP contribution is -2.48. The molecule has 114 valence electrons. The first-order valence-electron chi connectivity index (χ1n) is 7.26. The lowest BCUT2D eigenvalue weighted by atomic mass is 10.1. The minimum Gasteiger partial charge on any atom is -0.414 e. The molecule has 0 aromatic rings. The van der Waals surface area contributed by atoms with Crippen molar-refractivity contribution >= 4 is 8.32 Å². The Morgan fingerprint density at radius 1 is 1.26 bits per heavy atom. The highest BCUT2D eigenvalue weighted by atomic mass is 28.4. The van der Waals surface area contributed by atoms with Crippen molar-refractivity contribution in [3.05, 3.63) is 0 Å². The number of aliphatic hydroxyl groups excluding tert-OH is 1. The van der Waals surface area contributed by atoms with Gasteiger partial charge in [0.15, 0.2) is 14.6 Å². The van der Waals surface area contributed by atoms with E-state index >= 15 is 0 Å². The Morgan fingerprint density at radius 2 is 1.89 bits per heavy atom. The van der Waals surface area contributed by atoms with Crippen LogP contribution in [0.2, 0.25) is 18.1 Å². The minimum absolute atomic E-state index is 0.173. The number of aliphatic hydroxyl groups is 1. The summed E-state index contributed by atoms with van der Waals surface area (Å²) >= 11 is 0. The van der Waals surface area contributed by atoms with Gasteiger partial charge in [-0.2, -0.15) is 0 Å². The highest BCUT2D eigenvalue weighted by Gasteiger charge is 2.39. The van der Waals surface area contributed by atoms with E-state index in [0.717, 1.165) is 12.8 Å².